The predicted octanol–water partition coefficient (Wildman–Crippen LogP) is 15.1. The van der Waals surface area contributed by atoms with Gasteiger partial charge in [0.15, 0.2) is 0 Å². The van der Waals surface area contributed by atoms with E-state index < -0.39 is 0 Å². The highest BCUT2D eigenvalue weighted by molar-refractivity contribution is 6.11. The third-order valence-corrected chi connectivity index (χ3v) is 12.8. The largest absolute Gasteiger partial charge is 0.356 e. The normalized spacial score (nSPS) is 17.8. The molecular formula is C57H44N4. The SMILES string of the molecule is C1=CCC(N(c2ccc3ccccc3c2)c2ccc3c4ccc(N(c5ccccc5)c5ccc6ccccc6c5)cc4n(-c4ccc(NC5=CC6CC6C=C5)cc4)c3c2)C=C1. The van der Waals surface area contributed by atoms with Gasteiger partial charge in [-0.15, -0.1) is 0 Å². The summed E-state index contributed by atoms with van der Waals surface area (Å²) in [5, 5.41) is 11.1. The Bertz CT molecular complexity index is 3260. The van der Waals surface area contributed by atoms with Crippen molar-refractivity contribution in [1.82, 2.24) is 4.57 Å². The lowest BCUT2D eigenvalue weighted by Gasteiger charge is -2.33. The van der Waals surface area contributed by atoms with E-state index in [0.717, 1.165) is 52.0 Å². The van der Waals surface area contributed by atoms with E-state index in [2.05, 4.69) is 238 Å². The average molecular weight is 785 g/mol. The number of rotatable bonds is 9. The van der Waals surface area contributed by atoms with Gasteiger partial charge in [-0.05, 0) is 137 Å². The number of nitrogens with one attached hydrogen (secondary N) is 1. The van der Waals surface area contributed by atoms with Gasteiger partial charge in [-0.1, -0.05) is 127 Å². The second-order valence-electron chi connectivity index (χ2n) is 16.7. The Hall–Kier alpha value is -7.56. The van der Waals surface area contributed by atoms with Gasteiger partial charge >= 0.3 is 0 Å². The molecule has 3 atom stereocenters. The summed E-state index contributed by atoms with van der Waals surface area (Å²) in [4.78, 5) is 4.89. The first-order valence-corrected chi connectivity index (χ1v) is 21.5. The van der Waals surface area contributed by atoms with E-state index in [9.17, 15) is 0 Å². The molecule has 0 aliphatic heterocycles. The highest BCUT2D eigenvalue weighted by atomic mass is 15.2. The fourth-order valence-corrected chi connectivity index (χ4v) is 9.63. The lowest BCUT2D eigenvalue weighted by Crippen LogP contribution is -2.29. The van der Waals surface area contributed by atoms with Crippen molar-refractivity contribution in [2.45, 2.75) is 18.9 Å². The van der Waals surface area contributed by atoms with Crippen molar-refractivity contribution < 1.29 is 0 Å². The standard InChI is InChI=1S/C57H44N4/c1-3-15-47(16-4-1)59(50-25-20-39-11-7-9-13-41(39)35-50)52-29-31-54-55-32-30-53(60(48-17-5-2-6-18-48)51-26-21-40-12-8-10-14-42(40)36-51)38-57(55)61(56(54)37-52)49-27-23-45(24-28-49)58-46-22-19-43-33-44(43)34-46/h1-17,19-32,34-38,43-44,48,58H,18,33H2. The highest BCUT2D eigenvalue weighted by Crippen LogP contribution is 2.45. The number of anilines is 6. The third kappa shape index (κ3) is 6.48. The van der Waals surface area contributed by atoms with Crippen LogP contribution in [-0.2, 0) is 0 Å². The number of nitrogens with zero attached hydrogens (tertiary/aromatic N) is 3. The molecule has 8 aromatic carbocycles. The Morgan fingerprint density at radius 3 is 1.80 bits per heavy atom. The number of benzene rings is 8. The molecule has 1 heterocycles. The van der Waals surface area contributed by atoms with E-state index in [1.807, 2.05) is 0 Å². The molecule has 4 heteroatoms. The molecule has 0 amide bonds. The first-order chi connectivity index (χ1) is 30.2. The minimum absolute atomic E-state index is 0.175. The van der Waals surface area contributed by atoms with E-state index >= 15 is 0 Å². The maximum Gasteiger partial charge on any atom is 0.0561 e. The Balaban J connectivity index is 1.04. The Morgan fingerprint density at radius 1 is 0.492 bits per heavy atom. The van der Waals surface area contributed by atoms with E-state index in [1.54, 1.807) is 0 Å². The summed E-state index contributed by atoms with van der Waals surface area (Å²) in [6.07, 6.45) is 18.1. The van der Waals surface area contributed by atoms with Crippen molar-refractivity contribution in [1.29, 1.82) is 0 Å². The Labute approximate surface area is 356 Å². The minimum atomic E-state index is 0.175. The molecule has 1 fully saturated rings. The molecule has 1 saturated carbocycles. The van der Waals surface area contributed by atoms with Crippen LogP contribution in [0.25, 0.3) is 49.0 Å². The summed E-state index contributed by atoms with van der Waals surface area (Å²) >= 11 is 0. The molecule has 61 heavy (non-hydrogen) atoms. The van der Waals surface area contributed by atoms with Gasteiger partial charge in [-0.25, -0.2) is 0 Å². The van der Waals surface area contributed by atoms with Crippen LogP contribution in [0.5, 0.6) is 0 Å². The molecule has 3 aliphatic carbocycles. The first-order valence-electron chi connectivity index (χ1n) is 21.5. The molecule has 3 unspecified atom stereocenters. The molecule has 0 radical (unpaired) electrons. The van der Waals surface area contributed by atoms with Crippen LogP contribution in [0.15, 0.2) is 224 Å². The second kappa shape index (κ2) is 14.6. The van der Waals surface area contributed by atoms with E-state index in [-0.39, 0.29) is 6.04 Å². The monoisotopic (exact) mass is 784 g/mol. The molecular weight excluding hydrogens is 741 g/mol. The number of para-hydroxylation sites is 1. The number of fused-ring (bicyclic) bond motifs is 6. The third-order valence-electron chi connectivity index (χ3n) is 12.8. The Morgan fingerprint density at radius 2 is 1.10 bits per heavy atom. The molecule has 0 saturated heterocycles. The molecule has 9 aromatic rings. The van der Waals surface area contributed by atoms with Gasteiger partial charge in [-0.2, -0.15) is 0 Å². The lowest BCUT2D eigenvalue weighted by molar-refractivity contribution is 0.786. The number of aromatic nitrogens is 1. The molecule has 0 spiro atoms. The predicted molar refractivity (Wildman–Crippen MR) is 258 cm³/mol. The quantitative estimate of drug-likeness (QED) is 0.158. The molecule has 0 bridgehead atoms. The molecule has 12 rings (SSSR count). The van der Waals surface area contributed by atoms with Crippen LogP contribution in [0, 0.1) is 11.8 Å². The van der Waals surface area contributed by atoms with Gasteiger partial charge in [0.05, 0.1) is 17.1 Å². The van der Waals surface area contributed by atoms with Gasteiger partial charge in [0, 0.05) is 56.3 Å². The van der Waals surface area contributed by atoms with Crippen molar-refractivity contribution in [3.63, 3.8) is 0 Å². The van der Waals surface area contributed by atoms with Crippen LogP contribution < -0.4 is 15.1 Å². The van der Waals surface area contributed by atoms with Gasteiger partial charge in [0.25, 0.3) is 0 Å². The number of hydrogen-bond acceptors (Lipinski definition) is 3. The second-order valence-corrected chi connectivity index (χ2v) is 16.7. The summed E-state index contributed by atoms with van der Waals surface area (Å²) in [6, 6.07) is 64.8. The summed E-state index contributed by atoms with van der Waals surface area (Å²) < 4.78 is 2.47. The molecule has 1 N–H and O–H groups in total. The van der Waals surface area contributed by atoms with E-state index in [0.29, 0.717) is 5.92 Å². The molecule has 1 aromatic heterocycles. The van der Waals surface area contributed by atoms with E-state index in [1.165, 1.54) is 55.6 Å². The summed E-state index contributed by atoms with van der Waals surface area (Å²) in [6.45, 7) is 0. The molecule has 4 nitrogen and oxygen atoms in total. The smallest absolute Gasteiger partial charge is 0.0561 e. The van der Waals surface area contributed by atoms with Crippen LogP contribution >= 0.6 is 0 Å². The fraction of sp³-hybridized carbons (Fsp3) is 0.0877. The highest BCUT2D eigenvalue weighted by Gasteiger charge is 2.35. The van der Waals surface area contributed by atoms with Crippen LogP contribution in [0.3, 0.4) is 0 Å². The maximum atomic E-state index is 3.69. The summed E-state index contributed by atoms with van der Waals surface area (Å²) in [5.41, 5.74) is 11.4. The number of hydrogen-bond donors (Lipinski definition) is 1. The fourth-order valence-electron chi connectivity index (χ4n) is 9.63. The summed E-state index contributed by atoms with van der Waals surface area (Å²) in [7, 11) is 0. The average Bonchev–Trinajstić information content (AvgIpc) is 4.03. The van der Waals surface area contributed by atoms with Crippen molar-refractivity contribution in [3.8, 4) is 5.69 Å². The Kier molecular flexibility index (Phi) is 8.48. The van der Waals surface area contributed by atoms with Gasteiger partial charge in [0.2, 0.25) is 0 Å². The zero-order chi connectivity index (χ0) is 40.3. The zero-order valence-corrected chi connectivity index (χ0v) is 33.8. The van der Waals surface area contributed by atoms with Gasteiger partial charge in [0.1, 0.15) is 0 Å². The zero-order valence-electron chi connectivity index (χ0n) is 33.8. The first kappa shape index (κ1) is 35.4. The van der Waals surface area contributed by atoms with Crippen molar-refractivity contribution in [2.75, 3.05) is 15.1 Å². The van der Waals surface area contributed by atoms with Crippen molar-refractivity contribution in [2.24, 2.45) is 11.8 Å². The topological polar surface area (TPSA) is 23.4 Å². The lowest BCUT2D eigenvalue weighted by atomic mass is 10.0. The van der Waals surface area contributed by atoms with Gasteiger partial charge in [-0.3, -0.25) is 0 Å². The molecule has 292 valence electrons. The van der Waals surface area contributed by atoms with Crippen molar-refractivity contribution >= 4 is 77.5 Å². The maximum absolute atomic E-state index is 3.69. The minimum Gasteiger partial charge on any atom is -0.356 e. The number of allylic oxidation sites excluding steroid dienone is 5. The van der Waals surface area contributed by atoms with Crippen molar-refractivity contribution in [3.05, 3.63) is 224 Å². The summed E-state index contributed by atoms with van der Waals surface area (Å²) in [5.74, 6) is 1.42. The van der Waals surface area contributed by atoms with Crippen LogP contribution in [0.4, 0.5) is 34.1 Å². The van der Waals surface area contributed by atoms with E-state index in [4.69, 9.17) is 0 Å². The van der Waals surface area contributed by atoms with Crippen LogP contribution in [0.2, 0.25) is 0 Å². The van der Waals surface area contributed by atoms with Gasteiger partial charge < -0.3 is 19.7 Å². The van der Waals surface area contributed by atoms with Crippen LogP contribution in [0.1, 0.15) is 12.8 Å². The van der Waals surface area contributed by atoms with Crippen LogP contribution in [-0.4, -0.2) is 10.6 Å². The molecule has 3 aliphatic rings.